The molecule has 0 rings (SSSR count). The quantitative estimate of drug-likeness (QED) is 0.632. The standard InChI is InChI=1S/C5H11BrOS/c1-2-3-4-8(7)5-6/h2-5H2,1H3. The minimum atomic E-state index is -0.610. The zero-order valence-corrected chi connectivity index (χ0v) is 7.43. The molecule has 0 fully saturated rings. The van der Waals surface area contributed by atoms with E-state index in [2.05, 4.69) is 22.9 Å². The second-order valence-corrected chi connectivity index (χ2v) is 4.49. The largest absolute Gasteiger partial charge is 0.259 e. The van der Waals surface area contributed by atoms with Crippen molar-refractivity contribution >= 4 is 26.7 Å². The molecule has 8 heavy (non-hydrogen) atoms. The van der Waals surface area contributed by atoms with E-state index in [-0.39, 0.29) is 0 Å². The SMILES string of the molecule is CCCCS(=O)CBr. The van der Waals surface area contributed by atoms with Crippen LogP contribution in [0, 0.1) is 0 Å². The van der Waals surface area contributed by atoms with Crippen molar-refractivity contribution in [3.8, 4) is 0 Å². The van der Waals surface area contributed by atoms with Crippen molar-refractivity contribution in [2.75, 3.05) is 10.4 Å². The highest BCUT2D eigenvalue weighted by molar-refractivity contribution is 9.10. The molecule has 0 aliphatic heterocycles. The average Bonchev–Trinajstić information content (AvgIpc) is 1.83. The molecule has 0 aromatic rings. The van der Waals surface area contributed by atoms with Crippen molar-refractivity contribution in [1.82, 2.24) is 0 Å². The zero-order valence-electron chi connectivity index (χ0n) is 5.02. The summed E-state index contributed by atoms with van der Waals surface area (Å²) in [4.78, 5) is 0. The molecule has 3 heteroatoms. The minimum Gasteiger partial charge on any atom is -0.259 e. The first kappa shape index (κ1) is 8.63. The van der Waals surface area contributed by atoms with Gasteiger partial charge in [0, 0.05) is 16.6 Å². The molecule has 0 spiro atoms. The van der Waals surface area contributed by atoms with Crippen LogP contribution in [0.5, 0.6) is 0 Å². The summed E-state index contributed by atoms with van der Waals surface area (Å²) in [5, 5.41) is 0. The predicted molar refractivity (Wildman–Crippen MR) is 41.7 cm³/mol. The molecule has 0 N–H and O–H groups in total. The van der Waals surface area contributed by atoms with Crippen LogP contribution in [-0.4, -0.2) is 14.6 Å². The Morgan fingerprint density at radius 1 is 1.62 bits per heavy atom. The van der Waals surface area contributed by atoms with Gasteiger partial charge in [-0.05, 0) is 6.42 Å². The molecule has 0 heterocycles. The van der Waals surface area contributed by atoms with Crippen molar-refractivity contribution in [1.29, 1.82) is 0 Å². The van der Waals surface area contributed by atoms with E-state index in [1.54, 1.807) is 0 Å². The lowest BCUT2D eigenvalue weighted by Gasteiger charge is -1.92. The summed E-state index contributed by atoms with van der Waals surface area (Å²) >= 11 is 3.14. The van der Waals surface area contributed by atoms with Gasteiger partial charge in [0.2, 0.25) is 0 Å². The van der Waals surface area contributed by atoms with E-state index in [0.29, 0.717) is 4.66 Å². The first-order chi connectivity index (χ1) is 3.81. The van der Waals surface area contributed by atoms with E-state index < -0.39 is 10.8 Å². The Labute approximate surface area is 61.4 Å². The summed E-state index contributed by atoms with van der Waals surface area (Å²) in [6, 6.07) is 0. The first-order valence-electron chi connectivity index (χ1n) is 2.72. The van der Waals surface area contributed by atoms with Crippen molar-refractivity contribution < 1.29 is 4.21 Å². The van der Waals surface area contributed by atoms with E-state index in [1.165, 1.54) is 0 Å². The van der Waals surface area contributed by atoms with E-state index in [9.17, 15) is 4.21 Å². The van der Waals surface area contributed by atoms with Gasteiger partial charge < -0.3 is 0 Å². The maximum atomic E-state index is 10.6. The van der Waals surface area contributed by atoms with Crippen molar-refractivity contribution in [3.63, 3.8) is 0 Å². The Hall–Kier alpha value is 0.630. The van der Waals surface area contributed by atoms with Crippen molar-refractivity contribution in [2.24, 2.45) is 0 Å². The van der Waals surface area contributed by atoms with Crippen LogP contribution in [0.25, 0.3) is 0 Å². The lowest BCUT2D eigenvalue weighted by molar-refractivity contribution is 0.683. The summed E-state index contributed by atoms with van der Waals surface area (Å²) in [5.41, 5.74) is 0. The fraction of sp³-hybridized carbons (Fsp3) is 1.00. The Kier molecular flexibility index (Phi) is 6.21. The fourth-order valence-electron chi connectivity index (χ4n) is 0.360. The van der Waals surface area contributed by atoms with E-state index in [0.717, 1.165) is 18.6 Å². The van der Waals surface area contributed by atoms with Crippen LogP contribution in [0.15, 0.2) is 0 Å². The summed E-state index contributed by atoms with van der Waals surface area (Å²) in [6.45, 7) is 2.10. The smallest absolute Gasteiger partial charge is 0.0790 e. The lowest BCUT2D eigenvalue weighted by atomic mass is 10.4. The van der Waals surface area contributed by atoms with Crippen LogP contribution in [0.2, 0.25) is 0 Å². The molecule has 1 unspecified atom stereocenters. The van der Waals surface area contributed by atoms with Gasteiger partial charge in [-0.15, -0.1) is 0 Å². The maximum absolute atomic E-state index is 10.6. The topological polar surface area (TPSA) is 17.1 Å². The fourth-order valence-corrected chi connectivity index (χ4v) is 1.77. The Morgan fingerprint density at radius 3 is 2.62 bits per heavy atom. The second-order valence-electron chi connectivity index (χ2n) is 1.61. The summed E-state index contributed by atoms with van der Waals surface area (Å²) in [6.07, 6.45) is 2.22. The molecule has 0 saturated carbocycles. The van der Waals surface area contributed by atoms with E-state index in [1.807, 2.05) is 0 Å². The van der Waals surface area contributed by atoms with Crippen LogP contribution in [-0.2, 0) is 10.8 Å². The highest BCUT2D eigenvalue weighted by Gasteiger charge is 1.92. The number of alkyl halides is 1. The van der Waals surface area contributed by atoms with Gasteiger partial charge in [0.25, 0.3) is 0 Å². The van der Waals surface area contributed by atoms with Gasteiger partial charge in [-0.2, -0.15) is 0 Å². The number of halogens is 1. The molecule has 0 aliphatic carbocycles. The molecule has 0 aromatic heterocycles. The molecule has 1 atom stereocenters. The molecule has 0 bridgehead atoms. The molecule has 50 valence electrons. The average molecular weight is 199 g/mol. The van der Waals surface area contributed by atoms with Crippen molar-refractivity contribution in [3.05, 3.63) is 0 Å². The summed E-state index contributed by atoms with van der Waals surface area (Å²) < 4.78 is 11.3. The summed E-state index contributed by atoms with van der Waals surface area (Å²) in [7, 11) is -0.610. The molecular weight excluding hydrogens is 188 g/mol. The third-order valence-corrected chi connectivity index (χ3v) is 3.37. The third-order valence-electron chi connectivity index (χ3n) is 0.847. The van der Waals surface area contributed by atoms with Gasteiger partial charge in [-0.1, -0.05) is 29.3 Å². The minimum absolute atomic E-state index is 0.610. The molecular formula is C5H11BrOS. The molecule has 0 aromatic carbocycles. The normalized spacial score (nSPS) is 13.8. The Morgan fingerprint density at radius 2 is 2.25 bits per heavy atom. The first-order valence-corrected chi connectivity index (χ1v) is 5.33. The lowest BCUT2D eigenvalue weighted by Crippen LogP contribution is -1.95. The van der Waals surface area contributed by atoms with Crippen LogP contribution in [0.4, 0.5) is 0 Å². The van der Waals surface area contributed by atoms with Gasteiger partial charge in [-0.3, -0.25) is 4.21 Å². The summed E-state index contributed by atoms with van der Waals surface area (Å²) in [5.74, 6) is 0.849. The zero-order chi connectivity index (χ0) is 6.41. The van der Waals surface area contributed by atoms with Gasteiger partial charge in [0.1, 0.15) is 0 Å². The predicted octanol–water partition coefficient (Wildman–Crippen LogP) is 1.89. The van der Waals surface area contributed by atoms with Gasteiger partial charge in [0.05, 0.1) is 4.66 Å². The molecule has 0 aliphatic rings. The number of rotatable bonds is 4. The molecule has 0 saturated heterocycles. The maximum Gasteiger partial charge on any atom is 0.0790 e. The molecule has 1 nitrogen and oxygen atoms in total. The van der Waals surface area contributed by atoms with Crippen LogP contribution in [0.3, 0.4) is 0 Å². The Bertz CT molecular complexity index is 74.8. The van der Waals surface area contributed by atoms with Gasteiger partial charge in [-0.25, -0.2) is 0 Å². The van der Waals surface area contributed by atoms with Crippen LogP contribution >= 0.6 is 15.9 Å². The van der Waals surface area contributed by atoms with E-state index >= 15 is 0 Å². The highest BCUT2D eigenvalue weighted by Crippen LogP contribution is 1.94. The second kappa shape index (κ2) is 5.76. The molecule has 0 amide bonds. The van der Waals surface area contributed by atoms with Gasteiger partial charge >= 0.3 is 0 Å². The highest BCUT2D eigenvalue weighted by atomic mass is 79.9. The van der Waals surface area contributed by atoms with Crippen LogP contribution < -0.4 is 0 Å². The number of unbranched alkanes of at least 4 members (excludes halogenated alkanes) is 1. The monoisotopic (exact) mass is 198 g/mol. The van der Waals surface area contributed by atoms with Gasteiger partial charge in [0.15, 0.2) is 0 Å². The molecule has 0 radical (unpaired) electrons. The van der Waals surface area contributed by atoms with Crippen LogP contribution in [0.1, 0.15) is 19.8 Å². The van der Waals surface area contributed by atoms with E-state index in [4.69, 9.17) is 0 Å². The Balaban J connectivity index is 2.99. The number of hydrogen-bond donors (Lipinski definition) is 0. The third kappa shape index (κ3) is 4.78. The number of hydrogen-bond acceptors (Lipinski definition) is 1. The van der Waals surface area contributed by atoms with Crippen molar-refractivity contribution in [2.45, 2.75) is 19.8 Å².